The fourth-order valence-electron chi connectivity index (χ4n) is 4.48. The summed E-state index contributed by atoms with van der Waals surface area (Å²) in [7, 11) is -0.446. The third-order valence-corrected chi connectivity index (χ3v) is 9.80. The third-order valence-electron chi connectivity index (χ3n) is 6.64. The van der Waals surface area contributed by atoms with Crippen LogP contribution >= 0.6 is 11.3 Å². The van der Waals surface area contributed by atoms with E-state index in [4.69, 9.17) is 0 Å². The fourth-order valence-corrected chi connectivity index (χ4v) is 7.43. The fraction of sp³-hybridized carbons (Fsp3) is 0.321. The van der Waals surface area contributed by atoms with Crippen molar-refractivity contribution < 1.29 is 22.8 Å². The van der Waals surface area contributed by atoms with Crippen LogP contribution in [-0.4, -0.2) is 62.2 Å². The van der Waals surface area contributed by atoms with Crippen molar-refractivity contribution in [1.82, 2.24) is 19.8 Å². The molecule has 3 aromatic rings. The van der Waals surface area contributed by atoms with Gasteiger partial charge in [0.15, 0.2) is 0 Å². The van der Waals surface area contributed by atoms with Crippen LogP contribution in [0.2, 0.25) is 0 Å². The number of fused-ring (bicyclic) bond motifs is 1. The molecule has 0 fully saturated rings. The lowest BCUT2D eigenvalue weighted by atomic mass is 10.0. The summed E-state index contributed by atoms with van der Waals surface area (Å²) < 4.78 is 28.4. The smallest absolute Gasteiger partial charge is 0.321 e. The summed E-state index contributed by atoms with van der Waals surface area (Å²) in [6.45, 7) is 5.22. The number of benzene rings is 2. The molecule has 212 valence electrons. The van der Waals surface area contributed by atoms with E-state index in [0.717, 1.165) is 22.5 Å². The Kier molecular flexibility index (Phi) is 9.04. The summed E-state index contributed by atoms with van der Waals surface area (Å²) in [5.41, 5.74) is 2.20. The molecule has 2 aromatic carbocycles. The first-order chi connectivity index (χ1) is 19.0. The molecule has 1 aliphatic heterocycles. The largest absolute Gasteiger partial charge is 0.341 e. The van der Waals surface area contributed by atoms with E-state index >= 15 is 0 Å². The molecule has 0 radical (unpaired) electrons. The second-order valence-electron chi connectivity index (χ2n) is 9.84. The van der Waals surface area contributed by atoms with Gasteiger partial charge in [0.05, 0.1) is 10.5 Å². The van der Waals surface area contributed by atoms with Crippen molar-refractivity contribution in [3.8, 4) is 0 Å². The molecule has 12 heteroatoms. The highest BCUT2D eigenvalue weighted by atomic mass is 32.2. The number of sulfonamides is 1. The summed E-state index contributed by atoms with van der Waals surface area (Å²) in [5.74, 6) is -1.08. The van der Waals surface area contributed by atoms with E-state index in [1.54, 1.807) is 0 Å². The number of carbonyl (C=O) groups excluding carboxylic acids is 3. The van der Waals surface area contributed by atoms with Crippen molar-refractivity contribution in [2.24, 2.45) is 0 Å². The molecule has 0 saturated heterocycles. The monoisotopic (exact) mass is 583 g/mol. The number of urea groups is 1. The number of anilines is 1. The van der Waals surface area contributed by atoms with Gasteiger partial charge >= 0.3 is 6.03 Å². The molecule has 0 bridgehead atoms. The SMILES string of the molecule is CNC(=O)NC(=O)c1c(NC(=O)c2ccc(S(=O)(=O)N(Cc3ccccc3)C(C)C)cc2)sc2c1CCN(C)C2. The zero-order valence-electron chi connectivity index (χ0n) is 22.9. The summed E-state index contributed by atoms with van der Waals surface area (Å²) in [6, 6.07) is 14.2. The van der Waals surface area contributed by atoms with Gasteiger partial charge in [0, 0.05) is 43.2 Å². The maximum absolute atomic E-state index is 13.5. The number of thiophene rings is 1. The Hall–Kier alpha value is -3.58. The van der Waals surface area contributed by atoms with Gasteiger partial charge in [-0.05, 0) is 62.7 Å². The summed E-state index contributed by atoms with van der Waals surface area (Å²) in [4.78, 5) is 41.1. The zero-order chi connectivity index (χ0) is 29.0. The van der Waals surface area contributed by atoms with Gasteiger partial charge in [-0.2, -0.15) is 4.31 Å². The Labute approximate surface area is 238 Å². The van der Waals surface area contributed by atoms with Crippen LogP contribution < -0.4 is 16.0 Å². The second-order valence-corrected chi connectivity index (χ2v) is 12.8. The first kappa shape index (κ1) is 29.4. The number of rotatable bonds is 8. The van der Waals surface area contributed by atoms with E-state index in [1.807, 2.05) is 51.2 Å². The number of likely N-dealkylation sites (N-methyl/N-ethyl adjacent to an activating group) is 1. The molecular formula is C28H33N5O5S2. The zero-order valence-corrected chi connectivity index (χ0v) is 24.5. The summed E-state index contributed by atoms with van der Waals surface area (Å²) in [6.07, 6.45) is 0.608. The predicted molar refractivity (Wildman–Crippen MR) is 155 cm³/mol. The highest BCUT2D eigenvalue weighted by molar-refractivity contribution is 7.89. The standard InChI is InChI=1S/C28H33N5O5S2/c1-18(2)33(16-19-8-6-5-7-9-19)40(37,38)21-12-10-20(11-13-21)25(34)30-27-24(26(35)31-28(36)29-3)22-14-15-32(4)17-23(22)39-27/h5-13,18H,14-17H2,1-4H3,(H,30,34)(H2,29,31,35,36). The first-order valence-corrected chi connectivity index (χ1v) is 15.1. The molecule has 3 N–H and O–H groups in total. The Morgan fingerprint density at radius 2 is 1.70 bits per heavy atom. The van der Waals surface area contributed by atoms with Crippen LogP contribution in [0.25, 0.3) is 0 Å². The van der Waals surface area contributed by atoms with E-state index in [0.29, 0.717) is 18.0 Å². The van der Waals surface area contributed by atoms with Crippen molar-refractivity contribution in [3.05, 3.63) is 81.7 Å². The molecule has 2 heterocycles. The van der Waals surface area contributed by atoms with Gasteiger partial charge in [-0.1, -0.05) is 30.3 Å². The number of hydrogen-bond donors (Lipinski definition) is 3. The quantitative estimate of drug-likeness (QED) is 0.372. The number of hydrogen-bond acceptors (Lipinski definition) is 7. The van der Waals surface area contributed by atoms with Gasteiger partial charge in [-0.3, -0.25) is 14.9 Å². The van der Waals surface area contributed by atoms with Gasteiger partial charge in [0.2, 0.25) is 10.0 Å². The maximum atomic E-state index is 13.5. The van der Waals surface area contributed by atoms with Crippen LogP contribution in [0.3, 0.4) is 0 Å². The number of imide groups is 1. The highest BCUT2D eigenvalue weighted by Crippen LogP contribution is 2.37. The van der Waals surface area contributed by atoms with E-state index in [-0.39, 0.29) is 28.6 Å². The average Bonchev–Trinajstić information content (AvgIpc) is 3.28. The van der Waals surface area contributed by atoms with Crippen LogP contribution in [0.15, 0.2) is 59.5 Å². The average molecular weight is 584 g/mol. The molecule has 0 atom stereocenters. The minimum atomic E-state index is -3.83. The molecule has 0 spiro atoms. The molecule has 40 heavy (non-hydrogen) atoms. The first-order valence-electron chi connectivity index (χ1n) is 12.8. The number of carbonyl (C=O) groups is 3. The Morgan fingerprint density at radius 1 is 1.02 bits per heavy atom. The Bertz CT molecular complexity index is 1500. The van der Waals surface area contributed by atoms with Crippen molar-refractivity contribution >= 4 is 44.2 Å². The van der Waals surface area contributed by atoms with Gasteiger partial charge in [0.25, 0.3) is 11.8 Å². The molecule has 0 saturated carbocycles. The van der Waals surface area contributed by atoms with E-state index in [2.05, 4.69) is 20.9 Å². The van der Waals surface area contributed by atoms with Crippen LogP contribution in [0, 0.1) is 0 Å². The minimum Gasteiger partial charge on any atom is -0.341 e. The molecule has 0 aliphatic carbocycles. The molecule has 1 aromatic heterocycles. The minimum absolute atomic E-state index is 0.0777. The van der Waals surface area contributed by atoms with Crippen molar-refractivity contribution in [2.45, 2.75) is 44.3 Å². The highest BCUT2D eigenvalue weighted by Gasteiger charge is 2.30. The summed E-state index contributed by atoms with van der Waals surface area (Å²) >= 11 is 1.30. The van der Waals surface area contributed by atoms with Gasteiger partial charge in [-0.15, -0.1) is 11.3 Å². The summed E-state index contributed by atoms with van der Waals surface area (Å²) in [5, 5.41) is 7.81. The third kappa shape index (κ3) is 6.41. The van der Waals surface area contributed by atoms with E-state index in [1.165, 1.54) is 47.0 Å². The van der Waals surface area contributed by atoms with Gasteiger partial charge in [0.1, 0.15) is 5.00 Å². The normalized spacial score (nSPS) is 13.7. The lowest BCUT2D eigenvalue weighted by molar-refractivity contribution is 0.0964. The van der Waals surface area contributed by atoms with Gasteiger partial charge < -0.3 is 15.5 Å². The van der Waals surface area contributed by atoms with Crippen molar-refractivity contribution in [1.29, 1.82) is 0 Å². The van der Waals surface area contributed by atoms with E-state index < -0.39 is 27.9 Å². The van der Waals surface area contributed by atoms with Crippen LogP contribution in [0.4, 0.5) is 9.80 Å². The van der Waals surface area contributed by atoms with Crippen LogP contribution in [0.1, 0.15) is 50.6 Å². The molecule has 10 nitrogen and oxygen atoms in total. The molecule has 0 unspecified atom stereocenters. The second kappa shape index (κ2) is 12.3. The molecule has 1 aliphatic rings. The lowest BCUT2D eigenvalue weighted by Crippen LogP contribution is -2.38. The Balaban J connectivity index is 1.57. The number of amides is 4. The maximum Gasteiger partial charge on any atom is 0.321 e. The predicted octanol–water partition coefficient (Wildman–Crippen LogP) is 3.66. The van der Waals surface area contributed by atoms with Crippen molar-refractivity contribution in [2.75, 3.05) is 26.0 Å². The molecular weight excluding hydrogens is 550 g/mol. The molecule has 4 amide bonds. The van der Waals surface area contributed by atoms with Crippen LogP contribution in [-0.2, 0) is 29.5 Å². The van der Waals surface area contributed by atoms with Crippen molar-refractivity contribution in [3.63, 3.8) is 0 Å². The number of nitrogens with one attached hydrogen (secondary N) is 3. The number of nitrogens with zero attached hydrogens (tertiary/aromatic N) is 2. The van der Waals surface area contributed by atoms with Gasteiger partial charge in [-0.25, -0.2) is 13.2 Å². The topological polar surface area (TPSA) is 128 Å². The van der Waals surface area contributed by atoms with Crippen LogP contribution in [0.5, 0.6) is 0 Å². The molecule has 4 rings (SSSR count). The van der Waals surface area contributed by atoms with E-state index in [9.17, 15) is 22.8 Å². The lowest BCUT2D eigenvalue weighted by Gasteiger charge is -2.26. The Morgan fingerprint density at radius 3 is 2.33 bits per heavy atom.